The van der Waals surface area contributed by atoms with Gasteiger partial charge in [-0.1, -0.05) is 42.5 Å². The van der Waals surface area contributed by atoms with Crippen LogP contribution in [-0.4, -0.2) is 26.4 Å². The lowest BCUT2D eigenvalue weighted by atomic mass is 9.98. The number of ether oxygens (including phenoxy) is 2. The third-order valence-corrected chi connectivity index (χ3v) is 4.66. The van der Waals surface area contributed by atoms with Crippen molar-refractivity contribution >= 4 is 32.3 Å². The van der Waals surface area contributed by atoms with E-state index in [0.29, 0.717) is 0 Å². The Morgan fingerprint density at radius 1 is 0.560 bits per heavy atom. The molecule has 1 fully saturated rings. The average molecular weight is 330 g/mol. The van der Waals surface area contributed by atoms with E-state index in [-0.39, 0.29) is 0 Å². The van der Waals surface area contributed by atoms with Gasteiger partial charge >= 0.3 is 0 Å². The Morgan fingerprint density at radius 3 is 1.68 bits per heavy atom. The first-order valence-corrected chi connectivity index (χ1v) is 8.79. The van der Waals surface area contributed by atoms with Crippen molar-refractivity contribution in [3.63, 3.8) is 0 Å². The fraction of sp³-hybridized carbons (Fsp3) is 0.217. The van der Waals surface area contributed by atoms with E-state index in [9.17, 15) is 0 Å². The summed E-state index contributed by atoms with van der Waals surface area (Å²) < 4.78 is 9.89. The van der Waals surface area contributed by atoms with Crippen molar-refractivity contribution in [2.45, 2.75) is 6.92 Å². The number of rotatable bonds is 0. The van der Waals surface area contributed by atoms with Gasteiger partial charge in [-0.15, -0.1) is 0 Å². The maximum Gasteiger partial charge on any atom is 0.0701 e. The van der Waals surface area contributed by atoms with Crippen molar-refractivity contribution in [2.75, 3.05) is 26.4 Å². The Kier molecular flexibility index (Phi) is 4.64. The molecular weight excluding hydrogens is 308 g/mol. The number of aryl methyl sites for hydroxylation is 1. The topological polar surface area (TPSA) is 18.5 Å². The number of benzene rings is 4. The molecule has 0 N–H and O–H groups in total. The van der Waals surface area contributed by atoms with Crippen LogP contribution >= 0.6 is 0 Å². The van der Waals surface area contributed by atoms with Gasteiger partial charge in [0.2, 0.25) is 0 Å². The summed E-state index contributed by atoms with van der Waals surface area (Å²) >= 11 is 0. The molecule has 25 heavy (non-hydrogen) atoms. The molecule has 0 bridgehead atoms. The molecule has 1 aliphatic rings. The van der Waals surface area contributed by atoms with Crippen LogP contribution in [0.5, 0.6) is 0 Å². The SMILES string of the molecule is C1COCCO1.Cc1cccc2cc3cc4ccccc4cc3cc12. The Labute approximate surface area is 148 Å². The minimum absolute atomic E-state index is 0.778. The van der Waals surface area contributed by atoms with Gasteiger partial charge < -0.3 is 9.47 Å². The zero-order valence-electron chi connectivity index (χ0n) is 14.5. The molecule has 0 amide bonds. The molecule has 1 saturated heterocycles. The number of fused-ring (bicyclic) bond motifs is 3. The van der Waals surface area contributed by atoms with E-state index >= 15 is 0 Å². The molecular formula is C23H22O2. The third kappa shape index (κ3) is 3.51. The summed E-state index contributed by atoms with van der Waals surface area (Å²) in [6, 6.07) is 24.2. The van der Waals surface area contributed by atoms with Crippen molar-refractivity contribution < 1.29 is 9.47 Å². The van der Waals surface area contributed by atoms with Gasteiger partial charge in [-0.2, -0.15) is 0 Å². The van der Waals surface area contributed by atoms with E-state index in [1.807, 2.05) is 0 Å². The van der Waals surface area contributed by atoms with Crippen molar-refractivity contribution in [2.24, 2.45) is 0 Å². The van der Waals surface area contributed by atoms with Gasteiger partial charge in [-0.25, -0.2) is 0 Å². The van der Waals surface area contributed by atoms with E-state index in [2.05, 4.69) is 73.7 Å². The molecule has 0 aromatic heterocycles. The zero-order valence-corrected chi connectivity index (χ0v) is 14.5. The van der Waals surface area contributed by atoms with Gasteiger partial charge in [0.15, 0.2) is 0 Å². The number of hydrogen-bond acceptors (Lipinski definition) is 2. The van der Waals surface area contributed by atoms with Crippen LogP contribution in [0, 0.1) is 6.92 Å². The largest absolute Gasteiger partial charge is 0.377 e. The first-order chi connectivity index (χ1) is 12.3. The van der Waals surface area contributed by atoms with Crippen LogP contribution in [0.15, 0.2) is 66.7 Å². The second-order valence-corrected chi connectivity index (χ2v) is 6.42. The number of hydrogen-bond donors (Lipinski definition) is 0. The summed E-state index contributed by atoms with van der Waals surface area (Å²) in [5.74, 6) is 0. The molecule has 4 aromatic rings. The van der Waals surface area contributed by atoms with Crippen LogP contribution in [0.25, 0.3) is 32.3 Å². The molecule has 0 radical (unpaired) electrons. The summed E-state index contributed by atoms with van der Waals surface area (Å²) in [4.78, 5) is 0. The minimum atomic E-state index is 0.778. The van der Waals surface area contributed by atoms with Crippen LogP contribution in [0.2, 0.25) is 0 Å². The van der Waals surface area contributed by atoms with E-state index in [1.165, 1.54) is 37.9 Å². The average Bonchev–Trinajstić information content (AvgIpc) is 2.67. The van der Waals surface area contributed by atoms with Crippen LogP contribution < -0.4 is 0 Å². The van der Waals surface area contributed by atoms with E-state index in [1.54, 1.807) is 0 Å². The lowest BCUT2D eigenvalue weighted by molar-refractivity contribution is -0.0334. The lowest BCUT2D eigenvalue weighted by Gasteiger charge is -2.09. The Morgan fingerprint density at radius 2 is 1.08 bits per heavy atom. The van der Waals surface area contributed by atoms with Crippen molar-refractivity contribution in [3.05, 3.63) is 72.3 Å². The summed E-state index contributed by atoms with van der Waals surface area (Å²) in [7, 11) is 0. The summed E-state index contributed by atoms with van der Waals surface area (Å²) in [5, 5.41) is 7.93. The van der Waals surface area contributed by atoms with E-state index in [4.69, 9.17) is 9.47 Å². The maximum absolute atomic E-state index is 4.94. The molecule has 1 aliphatic heterocycles. The zero-order chi connectivity index (χ0) is 17.1. The maximum atomic E-state index is 4.94. The lowest BCUT2D eigenvalue weighted by Crippen LogP contribution is -2.16. The molecule has 2 nitrogen and oxygen atoms in total. The molecule has 1 heterocycles. The van der Waals surface area contributed by atoms with Crippen molar-refractivity contribution in [3.8, 4) is 0 Å². The predicted octanol–water partition coefficient (Wildman–Crippen LogP) is 5.49. The molecule has 0 unspecified atom stereocenters. The highest BCUT2D eigenvalue weighted by atomic mass is 16.6. The first-order valence-electron chi connectivity index (χ1n) is 8.79. The van der Waals surface area contributed by atoms with Crippen molar-refractivity contribution in [1.29, 1.82) is 0 Å². The van der Waals surface area contributed by atoms with Gasteiger partial charge in [-0.3, -0.25) is 0 Å². The molecule has 4 aromatic carbocycles. The van der Waals surface area contributed by atoms with Crippen LogP contribution in [-0.2, 0) is 9.47 Å². The first kappa shape index (κ1) is 16.1. The van der Waals surface area contributed by atoms with Gasteiger partial charge in [0, 0.05) is 0 Å². The molecule has 0 atom stereocenters. The van der Waals surface area contributed by atoms with Gasteiger partial charge in [-0.05, 0) is 69.1 Å². The third-order valence-electron chi connectivity index (χ3n) is 4.66. The van der Waals surface area contributed by atoms with Crippen LogP contribution in [0.1, 0.15) is 5.56 Å². The normalized spacial score (nSPS) is 14.4. The molecule has 0 aliphatic carbocycles. The fourth-order valence-corrected chi connectivity index (χ4v) is 3.31. The monoisotopic (exact) mass is 330 g/mol. The second kappa shape index (κ2) is 7.22. The highest BCUT2D eigenvalue weighted by Gasteiger charge is 2.02. The molecule has 0 saturated carbocycles. The Balaban J connectivity index is 0.000000223. The van der Waals surface area contributed by atoms with Crippen LogP contribution in [0.3, 0.4) is 0 Å². The quantitative estimate of drug-likeness (QED) is 0.397. The van der Waals surface area contributed by atoms with Gasteiger partial charge in [0.1, 0.15) is 0 Å². The molecule has 2 heteroatoms. The molecule has 0 spiro atoms. The van der Waals surface area contributed by atoms with Crippen molar-refractivity contribution in [1.82, 2.24) is 0 Å². The minimum Gasteiger partial charge on any atom is -0.377 e. The highest BCUT2D eigenvalue weighted by molar-refractivity contribution is 6.05. The van der Waals surface area contributed by atoms with Gasteiger partial charge in [0.05, 0.1) is 26.4 Å². The Bertz CT molecular complexity index is 1000. The summed E-state index contributed by atoms with van der Waals surface area (Å²) in [6.45, 7) is 5.29. The van der Waals surface area contributed by atoms with E-state index < -0.39 is 0 Å². The summed E-state index contributed by atoms with van der Waals surface area (Å²) in [5.41, 5.74) is 1.34. The van der Waals surface area contributed by atoms with Crippen LogP contribution in [0.4, 0.5) is 0 Å². The summed E-state index contributed by atoms with van der Waals surface area (Å²) in [6.07, 6.45) is 0. The smallest absolute Gasteiger partial charge is 0.0701 e. The van der Waals surface area contributed by atoms with Gasteiger partial charge in [0.25, 0.3) is 0 Å². The molecule has 126 valence electrons. The second-order valence-electron chi connectivity index (χ2n) is 6.42. The molecule has 5 rings (SSSR count). The Hall–Kier alpha value is -2.42. The van der Waals surface area contributed by atoms with E-state index in [0.717, 1.165) is 26.4 Å². The highest BCUT2D eigenvalue weighted by Crippen LogP contribution is 2.28. The predicted molar refractivity (Wildman–Crippen MR) is 105 cm³/mol. The standard InChI is InChI=1S/C19H14.C4H8O2/c1-13-5-4-8-16-11-17-9-14-6-2-3-7-15(14)10-18(17)12-19(13)16;1-2-6-4-3-5-1/h2-12H,1H3;1-4H2. The fourth-order valence-electron chi connectivity index (χ4n) is 3.31.